The summed E-state index contributed by atoms with van der Waals surface area (Å²) in [6.07, 6.45) is -2.93. The quantitative estimate of drug-likeness (QED) is 0.613. The minimum atomic E-state index is -4.44. The van der Waals surface area contributed by atoms with E-state index in [0.717, 1.165) is 12.1 Å². The fraction of sp³-hybridized carbons (Fsp3) is 0.200. The number of nitrogens with zero attached hydrogens (tertiary/aromatic N) is 2. The normalized spacial score (nSPS) is 11.3. The molecule has 0 radical (unpaired) electrons. The lowest BCUT2D eigenvalue weighted by atomic mass is 10.0. The molecule has 30 heavy (non-hydrogen) atoms. The summed E-state index contributed by atoms with van der Waals surface area (Å²) < 4.78 is 39.4. The Morgan fingerprint density at radius 3 is 2.63 bits per heavy atom. The van der Waals surface area contributed by atoms with Crippen LogP contribution >= 0.6 is 11.3 Å². The second kappa shape index (κ2) is 9.04. The van der Waals surface area contributed by atoms with Crippen LogP contribution in [0.3, 0.4) is 0 Å². The Morgan fingerprint density at radius 1 is 1.17 bits per heavy atom. The summed E-state index contributed by atoms with van der Waals surface area (Å²) in [7, 11) is 0. The summed E-state index contributed by atoms with van der Waals surface area (Å²) in [6, 6.07) is 7.47. The van der Waals surface area contributed by atoms with Crippen molar-refractivity contribution in [3.8, 4) is 0 Å². The third-order valence-corrected chi connectivity index (χ3v) is 4.80. The number of anilines is 1. The van der Waals surface area contributed by atoms with E-state index in [1.54, 1.807) is 5.38 Å². The highest BCUT2D eigenvalue weighted by molar-refractivity contribution is 7.07. The van der Waals surface area contributed by atoms with Gasteiger partial charge < -0.3 is 9.88 Å². The van der Waals surface area contributed by atoms with Crippen LogP contribution in [-0.4, -0.2) is 21.2 Å². The molecule has 0 atom stereocenters. The van der Waals surface area contributed by atoms with Crippen molar-refractivity contribution >= 4 is 28.7 Å². The lowest BCUT2D eigenvalue weighted by Gasteiger charge is -2.09. The van der Waals surface area contributed by atoms with Crippen molar-refractivity contribution in [2.75, 3.05) is 5.32 Å². The van der Waals surface area contributed by atoms with Gasteiger partial charge in [0.05, 0.1) is 17.6 Å². The first-order valence-corrected chi connectivity index (χ1v) is 9.74. The lowest BCUT2D eigenvalue weighted by Crippen LogP contribution is -2.24. The van der Waals surface area contributed by atoms with E-state index in [4.69, 9.17) is 0 Å². The van der Waals surface area contributed by atoms with Gasteiger partial charge in [-0.3, -0.25) is 14.4 Å². The Bertz CT molecular complexity index is 1110. The first kappa shape index (κ1) is 21.4. The number of thiazole rings is 1. The lowest BCUT2D eigenvalue weighted by molar-refractivity contribution is -0.137. The number of amides is 1. The van der Waals surface area contributed by atoms with Crippen LogP contribution < -0.4 is 10.9 Å². The highest BCUT2D eigenvalue weighted by Gasteiger charge is 2.30. The molecule has 2 heterocycles. The van der Waals surface area contributed by atoms with E-state index >= 15 is 0 Å². The van der Waals surface area contributed by atoms with Crippen molar-refractivity contribution in [3.63, 3.8) is 0 Å². The Balaban J connectivity index is 1.58. The van der Waals surface area contributed by atoms with Gasteiger partial charge in [0.2, 0.25) is 0 Å². The maximum Gasteiger partial charge on any atom is 0.416 e. The summed E-state index contributed by atoms with van der Waals surface area (Å²) in [5, 5.41) is 4.11. The molecule has 10 heteroatoms. The fourth-order valence-corrected chi connectivity index (χ4v) is 3.22. The van der Waals surface area contributed by atoms with E-state index < -0.39 is 23.2 Å². The molecule has 0 saturated carbocycles. The average molecular weight is 435 g/mol. The van der Waals surface area contributed by atoms with Crippen molar-refractivity contribution in [1.29, 1.82) is 0 Å². The van der Waals surface area contributed by atoms with Crippen LogP contribution in [0.4, 0.5) is 18.9 Å². The smallest absolute Gasteiger partial charge is 0.320 e. The second-order valence-electron chi connectivity index (χ2n) is 6.45. The first-order chi connectivity index (χ1) is 14.2. The summed E-state index contributed by atoms with van der Waals surface area (Å²) in [5.41, 5.74) is 1.15. The van der Waals surface area contributed by atoms with Crippen molar-refractivity contribution in [2.24, 2.45) is 0 Å². The zero-order valence-electron chi connectivity index (χ0n) is 15.5. The second-order valence-corrected chi connectivity index (χ2v) is 7.16. The van der Waals surface area contributed by atoms with Crippen molar-refractivity contribution < 1.29 is 22.8 Å². The average Bonchev–Trinajstić information content (AvgIpc) is 3.23. The molecule has 0 aliphatic rings. The molecule has 2 aromatic heterocycles. The van der Waals surface area contributed by atoms with Crippen LogP contribution in [0.2, 0.25) is 0 Å². The predicted octanol–water partition coefficient (Wildman–Crippen LogP) is 3.78. The number of hydrogen-bond acceptors (Lipinski definition) is 5. The SMILES string of the molecule is O=C(CCc1cccc(C(F)(F)F)c1)Cn1ccc(NC(=O)c2cscn2)cc1=O. The number of Topliss-reactive ketones (excluding diaryl/α,β-unsaturated/α-hetero) is 1. The van der Waals surface area contributed by atoms with E-state index in [2.05, 4.69) is 10.3 Å². The molecule has 6 nitrogen and oxygen atoms in total. The third-order valence-electron chi connectivity index (χ3n) is 4.21. The number of nitrogens with one attached hydrogen (secondary N) is 1. The fourth-order valence-electron chi connectivity index (χ4n) is 2.69. The van der Waals surface area contributed by atoms with E-state index in [0.29, 0.717) is 5.56 Å². The molecule has 3 rings (SSSR count). The number of aryl methyl sites for hydroxylation is 1. The van der Waals surface area contributed by atoms with Crippen LogP contribution in [0.1, 0.15) is 28.0 Å². The summed E-state index contributed by atoms with van der Waals surface area (Å²) in [5.74, 6) is -0.751. The Hall–Kier alpha value is -3.27. The molecule has 0 bridgehead atoms. The van der Waals surface area contributed by atoms with Crippen LogP contribution in [-0.2, 0) is 23.9 Å². The van der Waals surface area contributed by atoms with Crippen molar-refractivity contribution in [2.45, 2.75) is 25.6 Å². The number of alkyl halides is 3. The third kappa shape index (κ3) is 5.63. The number of benzene rings is 1. The number of halogens is 3. The molecular weight excluding hydrogens is 419 g/mol. The molecule has 1 amide bonds. The number of aromatic nitrogens is 2. The van der Waals surface area contributed by atoms with Gasteiger partial charge in [0.25, 0.3) is 11.5 Å². The molecule has 0 aliphatic heterocycles. The van der Waals surface area contributed by atoms with E-state index in [-0.39, 0.29) is 36.6 Å². The highest BCUT2D eigenvalue weighted by atomic mass is 32.1. The Kier molecular flexibility index (Phi) is 6.46. The first-order valence-electron chi connectivity index (χ1n) is 8.80. The van der Waals surface area contributed by atoms with Gasteiger partial charge in [0, 0.05) is 29.8 Å². The molecular formula is C20H16F3N3O3S. The maximum atomic E-state index is 12.8. The predicted molar refractivity (Wildman–Crippen MR) is 106 cm³/mol. The number of ketones is 1. The molecule has 1 aromatic carbocycles. The van der Waals surface area contributed by atoms with Gasteiger partial charge in [-0.1, -0.05) is 18.2 Å². The number of hydrogen-bond donors (Lipinski definition) is 1. The van der Waals surface area contributed by atoms with Gasteiger partial charge in [-0.15, -0.1) is 11.3 Å². The Morgan fingerprint density at radius 2 is 1.97 bits per heavy atom. The molecule has 0 unspecified atom stereocenters. The van der Waals surface area contributed by atoms with Gasteiger partial charge in [0.15, 0.2) is 5.78 Å². The van der Waals surface area contributed by atoms with Gasteiger partial charge in [-0.2, -0.15) is 13.2 Å². The van der Waals surface area contributed by atoms with E-state index in [1.807, 2.05) is 0 Å². The number of rotatable bonds is 7. The molecule has 1 N–H and O–H groups in total. The van der Waals surface area contributed by atoms with Crippen LogP contribution in [0.5, 0.6) is 0 Å². The minimum Gasteiger partial charge on any atom is -0.320 e. The standard InChI is InChI=1S/C20H16F3N3O3S/c21-20(22,23)14-3-1-2-13(8-14)4-5-16(27)10-26-7-6-15(9-18(26)28)25-19(29)17-11-30-12-24-17/h1-3,6-9,11-12H,4-5,10H2,(H,25,29). The van der Waals surface area contributed by atoms with E-state index in [9.17, 15) is 27.6 Å². The maximum absolute atomic E-state index is 12.8. The zero-order valence-corrected chi connectivity index (χ0v) is 16.3. The number of carbonyl (C=O) groups is 2. The molecule has 3 aromatic rings. The molecule has 0 fully saturated rings. The van der Waals surface area contributed by atoms with Gasteiger partial charge in [0.1, 0.15) is 5.69 Å². The van der Waals surface area contributed by atoms with Crippen LogP contribution in [0, 0.1) is 0 Å². The highest BCUT2D eigenvalue weighted by Crippen LogP contribution is 2.29. The van der Waals surface area contributed by atoms with E-state index in [1.165, 1.54) is 51.9 Å². The summed E-state index contributed by atoms with van der Waals surface area (Å²) in [6.45, 7) is -0.210. The van der Waals surface area contributed by atoms with Crippen molar-refractivity contribution in [1.82, 2.24) is 9.55 Å². The summed E-state index contributed by atoms with van der Waals surface area (Å²) >= 11 is 1.26. The molecule has 0 saturated heterocycles. The summed E-state index contributed by atoms with van der Waals surface area (Å²) in [4.78, 5) is 40.2. The minimum absolute atomic E-state index is 0.00391. The zero-order chi connectivity index (χ0) is 21.7. The van der Waals surface area contributed by atoms with Gasteiger partial charge in [-0.25, -0.2) is 4.98 Å². The monoisotopic (exact) mass is 435 g/mol. The number of pyridine rings is 1. The largest absolute Gasteiger partial charge is 0.416 e. The Labute approximate surface area is 173 Å². The van der Waals surface area contributed by atoms with Crippen molar-refractivity contribution in [3.05, 3.63) is 80.7 Å². The van der Waals surface area contributed by atoms with Crippen LogP contribution in [0.15, 0.2) is 58.3 Å². The van der Waals surface area contributed by atoms with Crippen LogP contribution in [0.25, 0.3) is 0 Å². The molecule has 156 valence electrons. The molecule has 0 spiro atoms. The van der Waals surface area contributed by atoms with Gasteiger partial charge >= 0.3 is 6.18 Å². The topological polar surface area (TPSA) is 81.1 Å². The molecule has 0 aliphatic carbocycles. The van der Waals surface area contributed by atoms with Gasteiger partial charge in [-0.05, 0) is 24.1 Å². The number of carbonyl (C=O) groups excluding carboxylic acids is 2.